The Labute approximate surface area is 174 Å². The fourth-order valence-corrected chi connectivity index (χ4v) is 3.57. The number of hydrogen-bond acceptors (Lipinski definition) is 6. The minimum absolute atomic E-state index is 0.352. The minimum atomic E-state index is -5.43. The molecule has 12 heteroatoms. The van der Waals surface area contributed by atoms with Gasteiger partial charge in [0.25, 0.3) is 15.8 Å². The molecule has 7 nitrogen and oxygen atoms in total. The molecule has 0 saturated heterocycles. The summed E-state index contributed by atoms with van der Waals surface area (Å²) in [6, 6.07) is 6.21. The number of benzene rings is 2. The van der Waals surface area contributed by atoms with Crippen LogP contribution in [0.15, 0.2) is 47.4 Å². The highest BCUT2D eigenvalue weighted by atomic mass is 32.2. The van der Waals surface area contributed by atoms with Gasteiger partial charge in [0.05, 0.1) is 11.0 Å². The highest BCUT2D eigenvalue weighted by Gasteiger charge is 2.48. The summed E-state index contributed by atoms with van der Waals surface area (Å²) in [6.45, 7) is 2.69. The van der Waals surface area contributed by atoms with Crippen LogP contribution in [-0.4, -0.2) is 37.6 Å². The number of phenols is 1. The first kappa shape index (κ1) is 24.1. The van der Waals surface area contributed by atoms with Gasteiger partial charge >= 0.3 is 12.1 Å². The summed E-state index contributed by atoms with van der Waals surface area (Å²) in [5.41, 5.74) is -1.15. The van der Waals surface area contributed by atoms with Gasteiger partial charge in [-0.05, 0) is 56.3 Å². The SMILES string of the molecule is CC(C)OC(=O)[C@@H](C(=O)C(F)(F)F)c1cc(NS(=O)(=O)c2ccc(F)cc2)ccc1O. The second kappa shape index (κ2) is 8.92. The normalized spacial score (nSPS) is 13.0. The molecule has 0 bridgehead atoms. The number of anilines is 1. The maximum atomic E-state index is 13.1. The van der Waals surface area contributed by atoms with E-state index in [2.05, 4.69) is 0 Å². The van der Waals surface area contributed by atoms with Crippen LogP contribution in [0, 0.1) is 5.82 Å². The van der Waals surface area contributed by atoms with Crippen molar-refractivity contribution in [2.75, 3.05) is 4.72 Å². The highest BCUT2D eigenvalue weighted by Crippen LogP contribution is 2.35. The Kier molecular flexibility index (Phi) is 6.94. The first-order valence-corrected chi connectivity index (χ1v) is 10.1. The number of esters is 1. The number of aromatic hydroxyl groups is 1. The van der Waals surface area contributed by atoms with E-state index in [1.165, 1.54) is 13.8 Å². The van der Waals surface area contributed by atoms with E-state index in [0.717, 1.165) is 36.4 Å². The van der Waals surface area contributed by atoms with Crippen LogP contribution >= 0.6 is 0 Å². The largest absolute Gasteiger partial charge is 0.508 e. The summed E-state index contributed by atoms with van der Waals surface area (Å²) in [5, 5.41) is 10.0. The van der Waals surface area contributed by atoms with E-state index in [1.807, 2.05) is 4.72 Å². The molecule has 0 aliphatic carbocycles. The average molecular weight is 463 g/mol. The lowest BCUT2D eigenvalue weighted by Gasteiger charge is -2.20. The predicted octanol–water partition coefficient (Wildman–Crippen LogP) is 3.50. The number of ether oxygens (including phenoxy) is 1. The van der Waals surface area contributed by atoms with Gasteiger partial charge in [0.1, 0.15) is 11.6 Å². The van der Waals surface area contributed by atoms with Crippen molar-refractivity contribution in [3.8, 4) is 5.75 Å². The third-order valence-electron chi connectivity index (χ3n) is 3.84. The van der Waals surface area contributed by atoms with Crippen molar-refractivity contribution in [1.82, 2.24) is 0 Å². The smallest absolute Gasteiger partial charge is 0.451 e. The molecule has 0 spiro atoms. The molecule has 2 N–H and O–H groups in total. The van der Waals surface area contributed by atoms with Crippen LogP contribution < -0.4 is 4.72 Å². The number of hydrogen-bond donors (Lipinski definition) is 2. The number of rotatable bonds is 7. The molecule has 0 amide bonds. The van der Waals surface area contributed by atoms with Crippen molar-refractivity contribution in [3.63, 3.8) is 0 Å². The molecule has 0 radical (unpaired) electrons. The fraction of sp³-hybridized carbons (Fsp3) is 0.263. The second-order valence-corrected chi connectivity index (χ2v) is 8.30. The van der Waals surface area contributed by atoms with Crippen LogP contribution in [0.4, 0.5) is 23.2 Å². The van der Waals surface area contributed by atoms with E-state index < -0.39 is 57.1 Å². The van der Waals surface area contributed by atoms with Gasteiger partial charge in [0.2, 0.25) is 0 Å². The summed E-state index contributed by atoms with van der Waals surface area (Å²) in [7, 11) is -4.29. The topological polar surface area (TPSA) is 110 Å². The fourth-order valence-electron chi connectivity index (χ4n) is 2.52. The summed E-state index contributed by atoms with van der Waals surface area (Å²) >= 11 is 0. The molecule has 0 aromatic heterocycles. The van der Waals surface area contributed by atoms with E-state index >= 15 is 0 Å². The number of alkyl halides is 3. The van der Waals surface area contributed by atoms with E-state index in [9.17, 15) is 40.7 Å². The Hall–Kier alpha value is -3.15. The van der Waals surface area contributed by atoms with Crippen molar-refractivity contribution in [2.45, 2.75) is 36.9 Å². The number of carbonyl (C=O) groups excluding carboxylic acids is 2. The Balaban J connectivity index is 2.49. The number of carbonyl (C=O) groups is 2. The Morgan fingerprint density at radius 1 is 1.06 bits per heavy atom. The monoisotopic (exact) mass is 463 g/mol. The molecule has 0 saturated carbocycles. The lowest BCUT2D eigenvalue weighted by atomic mass is 9.93. The van der Waals surface area contributed by atoms with Crippen molar-refractivity contribution >= 4 is 27.5 Å². The summed E-state index contributed by atoms with van der Waals surface area (Å²) in [4.78, 5) is 23.7. The summed E-state index contributed by atoms with van der Waals surface area (Å²) in [5.74, 6) is -8.17. The molecule has 168 valence electrons. The Morgan fingerprint density at radius 3 is 2.16 bits per heavy atom. The number of sulfonamides is 1. The van der Waals surface area contributed by atoms with Gasteiger partial charge in [-0.3, -0.25) is 14.3 Å². The maximum Gasteiger partial charge on any atom is 0.451 e. The van der Waals surface area contributed by atoms with E-state index in [0.29, 0.717) is 6.07 Å². The Bertz CT molecular complexity index is 1080. The van der Waals surface area contributed by atoms with Crippen LogP contribution in [0.5, 0.6) is 5.75 Å². The zero-order valence-corrected chi connectivity index (χ0v) is 16.9. The summed E-state index contributed by atoms with van der Waals surface area (Å²) < 4.78 is 83.8. The standard InChI is InChI=1S/C19H17F4NO6S/c1-10(2)30-18(27)16(17(26)19(21,22)23)14-9-12(5-8-15(14)25)24-31(28,29)13-6-3-11(20)4-7-13/h3-10,16,24-25H,1-2H3/t16-/m1/s1. The molecule has 2 rings (SSSR count). The lowest BCUT2D eigenvalue weighted by molar-refractivity contribution is -0.178. The highest BCUT2D eigenvalue weighted by molar-refractivity contribution is 7.92. The molecule has 0 aliphatic rings. The van der Waals surface area contributed by atoms with Crippen LogP contribution in [0.1, 0.15) is 25.3 Å². The van der Waals surface area contributed by atoms with Crippen LogP contribution in [0.2, 0.25) is 0 Å². The average Bonchev–Trinajstić information content (AvgIpc) is 2.63. The van der Waals surface area contributed by atoms with E-state index in [-0.39, 0.29) is 10.6 Å². The predicted molar refractivity (Wildman–Crippen MR) is 100 cm³/mol. The quantitative estimate of drug-likeness (QED) is 0.282. The third kappa shape index (κ3) is 5.94. The van der Waals surface area contributed by atoms with Gasteiger partial charge < -0.3 is 9.84 Å². The van der Waals surface area contributed by atoms with Crippen LogP contribution in [0.3, 0.4) is 0 Å². The first-order chi connectivity index (χ1) is 14.2. The van der Waals surface area contributed by atoms with Gasteiger partial charge in [-0.1, -0.05) is 0 Å². The molecule has 1 atom stereocenters. The van der Waals surface area contributed by atoms with Crippen LogP contribution in [0.25, 0.3) is 0 Å². The molecule has 2 aromatic rings. The number of Topliss-reactive ketones (excluding diaryl/α,β-unsaturated/α-hetero) is 1. The first-order valence-electron chi connectivity index (χ1n) is 8.65. The number of halogens is 4. The van der Waals surface area contributed by atoms with E-state index in [1.54, 1.807) is 0 Å². The number of nitrogens with one attached hydrogen (secondary N) is 1. The van der Waals surface area contributed by atoms with Gasteiger partial charge in [-0.15, -0.1) is 0 Å². The zero-order valence-electron chi connectivity index (χ0n) is 16.1. The van der Waals surface area contributed by atoms with Gasteiger partial charge in [0.15, 0.2) is 5.92 Å². The Morgan fingerprint density at radius 2 is 1.65 bits per heavy atom. The van der Waals surface area contributed by atoms with Crippen molar-refractivity contribution < 1.29 is 45.4 Å². The molecular formula is C19H17F4NO6S. The summed E-state index contributed by atoms with van der Waals surface area (Å²) in [6.07, 6.45) is -6.30. The molecule has 0 aliphatic heterocycles. The van der Waals surface area contributed by atoms with Crippen molar-refractivity contribution in [1.29, 1.82) is 0 Å². The second-order valence-electron chi connectivity index (χ2n) is 6.61. The van der Waals surface area contributed by atoms with Crippen LogP contribution in [-0.2, 0) is 24.3 Å². The van der Waals surface area contributed by atoms with E-state index in [4.69, 9.17) is 4.74 Å². The molecule has 2 aromatic carbocycles. The third-order valence-corrected chi connectivity index (χ3v) is 5.24. The molecule has 31 heavy (non-hydrogen) atoms. The molecule has 0 unspecified atom stereocenters. The number of ketones is 1. The van der Waals surface area contributed by atoms with Crippen molar-refractivity contribution in [3.05, 3.63) is 53.8 Å². The maximum absolute atomic E-state index is 13.1. The molecule has 0 fully saturated rings. The molecule has 0 heterocycles. The minimum Gasteiger partial charge on any atom is -0.508 e. The molecular weight excluding hydrogens is 446 g/mol. The van der Waals surface area contributed by atoms with Gasteiger partial charge in [0, 0.05) is 11.3 Å². The number of phenolic OH excluding ortho intramolecular Hbond substituents is 1. The van der Waals surface area contributed by atoms with Gasteiger partial charge in [-0.2, -0.15) is 13.2 Å². The van der Waals surface area contributed by atoms with Crippen molar-refractivity contribution in [2.24, 2.45) is 0 Å². The van der Waals surface area contributed by atoms with Gasteiger partial charge in [-0.25, -0.2) is 12.8 Å². The zero-order chi connectivity index (χ0) is 23.6. The lowest BCUT2D eigenvalue weighted by Crippen LogP contribution is -2.35.